The number of amides is 1. The number of thioether (sulfide) groups is 1. The van der Waals surface area contributed by atoms with Gasteiger partial charge in [-0.05, 0) is 50.3 Å². The van der Waals surface area contributed by atoms with Gasteiger partial charge in [-0.2, -0.15) is 5.10 Å². The molecule has 0 aliphatic heterocycles. The summed E-state index contributed by atoms with van der Waals surface area (Å²) in [6.07, 6.45) is 1.75. The second-order valence-corrected chi connectivity index (χ2v) is 9.12. The molecule has 0 radical (unpaired) electrons. The number of carbonyl (C=O) groups excluding carboxylic acids is 1. The molecule has 0 fully saturated rings. The lowest BCUT2D eigenvalue weighted by molar-refractivity contribution is -0.115. The van der Waals surface area contributed by atoms with E-state index in [-0.39, 0.29) is 11.2 Å². The van der Waals surface area contributed by atoms with Crippen molar-refractivity contribution in [2.75, 3.05) is 5.32 Å². The Hall–Kier alpha value is -1.94. The van der Waals surface area contributed by atoms with Crippen LogP contribution in [-0.4, -0.2) is 30.9 Å². The minimum atomic E-state index is -0.288. The molecule has 1 unspecified atom stereocenters. The molecule has 146 valence electrons. The van der Waals surface area contributed by atoms with Gasteiger partial charge in [0.15, 0.2) is 15.7 Å². The van der Waals surface area contributed by atoms with Gasteiger partial charge >= 0.3 is 0 Å². The molecule has 0 saturated carbocycles. The van der Waals surface area contributed by atoms with Crippen LogP contribution in [0.25, 0.3) is 10.7 Å². The average molecular weight is 452 g/mol. The molecule has 2 N–H and O–H groups in total. The van der Waals surface area contributed by atoms with Gasteiger partial charge in [-0.1, -0.05) is 29.0 Å². The number of thiazole rings is 1. The summed E-state index contributed by atoms with van der Waals surface area (Å²) in [6, 6.07) is 7.40. The van der Waals surface area contributed by atoms with Crippen LogP contribution in [0.4, 0.5) is 5.13 Å². The fraction of sp³-hybridized carbons (Fsp3) is 0.222. The zero-order chi connectivity index (χ0) is 20.3. The van der Waals surface area contributed by atoms with E-state index in [4.69, 9.17) is 23.8 Å². The zero-order valence-corrected chi connectivity index (χ0v) is 18.4. The molecule has 1 aromatic carbocycles. The van der Waals surface area contributed by atoms with E-state index >= 15 is 0 Å². The smallest absolute Gasteiger partial charge is 0.239 e. The number of aryl methyl sites for hydroxylation is 1. The van der Waals surface area contributed by atoms with Gasteiger partial charge in [0.25, 0.3) is 0 Å². The summed E-state index contributed by atoms with van der Waals surface area (Å²) in [4.78, 5) is 18.9. The Morgan fingerprint density at radius 2 is 2.21 bits per heavy atom. The third-order valence-corrected chi connectivity index (χ3v) is 6.54. The van der Waals surface area contributed by atoms with Crippen LogP contribution in [0, 0.1) is 11.7 Å². The number of benzene rings is 1. The van der Waals surface area contributed by atoms with Gasteiger partial charge < -0.3 is 5.32 Å². The van der Waals surface area contributed by atoms with E-state index in [0.29, 0.717) is 27.3 Å². The molecule has 2 heterocycles. The van der Waals surface area contributed by atoms with Gasteiger partial charge in [-0.15, -0.1) is 18.3 Å². The largest absolute Gasteiger partial charge is 0.301 e. The molecule has 2 aromatic heterocycles. The van der Waals surface area contributed by atoms with E-state index in [1.807, 2.05) is 30.5 Å². The van der Waals surface area contributed by atoms with E-state index in [0.717, 1.165) is 15.5 Å². The first-order valence-corrected chi connectivity index (χ1v) is 10.8. The van der Waals surface area contributed by atoms with Crippen LogP contribution in [0.3, 0.4) is 0 Å². The Morgan fingerprint density at radius 1 is 1.50 bits per heavy atom. The monoisotopic (exact) mass is 451 g/mol. The second-order valence-electron chi connectivity index (χ2n) is 5.89. The van der Waals surface area contributed by atoms with Gasteiger partial charge in [-0.25, -0.2) is 4.98 Å². The summed E-state index contributed by atoms with van der Waals surface area (Å²) in [5, 5.41) is 10.9. The summed E-state index contributed by atoms with van der Waals surface area (Å²) in [6.45, 7) is 8.02. The van der Waals surface area contributed by atoms with Crippen molar-refractivity contribution < 1.29 is 4.79 Å². The van der Waals surface area contributed by atoms with Gasteiger partial charge in [0, 0.05) is 16.5 Å². The standard InChI is InChI=1S/C18H18ClN5OS3/c1-4-9-24-15(22-23-18(24)26)14-10(2)20-17(28-14)21-16(25)11(3)27-13-7-5-12(19)6-8-13/h4-8,11H,1,9H2,2-3H3,(H,23,26)(H,20,21,25). The molecule has 0 spiro atoms. The molecular formula is C18H18ClN5OS3. The summed E-state index contributed by atoms with van der Waals surface area (Å²) >= 11 is 14.0. The number of nitrogens with one attached hydrogen (secondary N) is 2. The van der Waals surface area contributed by atoms with Crippen molar-refractivity contribution in [3.63, 3.8) is 0 Å². The highest BCUT2D eigenvalue weighted by molar-refractivity contribution is 8.00. The molecule has 0 saturated heterocycles. The number of hydrogen-bond acceptors (Lipinski definition) is 6. The lowest BCUT2D eigenvalue weighted by Gasteiger charge is -2.10. The summed E-state index contributed by atoms with van der Waals surface area (Å²) in [7, 11) is 0. The third kappa shape index (κ3) is 4.72. The zero-order valence-electron chi connectivity index (χ0n) is 15.2. The number of nitrogens with zero attached hydrogens (tertiary/aromatic N) is 3. The second kappa shape index (κ2) is 9.04. The summed E-state index contributed by atoms with van der Waals surface area (Å²) < 4.78 is 2.36. The molecule has 0 aliphatic carbocycles. The van der Waals surface area contributed by atoms with E-state index in [1.54, 1.807) is 18.2 Å². The molecule has 0 bridgehead atoms. The van der Waals surface area contributed by atoms with E-state index in [1.165, 1.54) is 23.1 Å². The number of aromatic amines is 1. The fourth-order valence-corrected chi connectivity index (χ4v) is 4.59. The maximum atomic E-state index is 12.6. The average Bonchev–Trinajstić information content (AvgIpc) is 3.19. The van der Waals surface area contributed by atoms with Crippen molar-refractivity contribution in [3.8, 4) is 10.7 Å². The van der Waals surface area contributed by atoms with Crippen LogP contribution >= 0.6 is 46.9 Å². The summed E-state index contributed by atoms with van der Waals surface area (Å²) in [5.74, 6) is 0.564. The number of anilines is 1. The quantitative estimate of drug-likeness (QED) is 0.288. The van der Waals surface area contributed by atoms with Crippen LogP contribution in [0.1, 0.15) is 12.6 Å². The highest BCUT2D eigenvalue weighted by Crippen LogP contribution is 2.32. The number of halogens is 1. The van der Waals surface area contributed by atoms with Crippen molar-refractivity contribution >= 4 is 58.0 Å². The number of rotatable bonds is 7. The van der Waals surface area contributed by atoms with Gasteiger partial charge in [-0.3, -0.25) is 14.5 Å². The Bertz CT molecular complexity index is 1050. The highest BCUT2D eigenvalue weighted by Gasteiger charge is 2.20. The van der Waals surface area contributed by atoms with Crippen LogP contribution in [0.2, 0.25) is 5.02 Å². The number of aromatic nitrogens is 4. The number of carbonyl (C=O) groups is 1. The topological polar surface area (TPSA) is 75.6 Å². The molecular weight excluding hydrogens is 434 g/mol. The number of hydrogen-bond donors (Lipinski definition) is 2. The molecule has 3 aromatic rings. The Kier molecular flexibility index (Phi) is 6.71. The van der Waals surface area contributed by atoms with E-state index in [9.17, 15) is 4.79 Å². The summed E-state index contributed by atoms with van der Waals surface area (Å²) in [5.41, 5.74) is 0.776. The molecule has 10 heteroatoms. The Morgan fingerprint density at radius 3 is 2.89 bits per heavy atom. The van der Waals surface area contributed by atoms with Gasteiger partial charge in [0.1, 0.15) is 0 Å². The van der Waals surface area contributed by atoms with Gasteiger partial charge in [0.05, 0.1) is 15.8 Å². The predicted molar refractivity (Wildman–Crippen MR) is 119 cm³/mol. The van der Waals surface area contributed by atoms with Crippen molar-refractivity contribution in [1.29, 1.82) is 0 Å². The lowest BCUT2D eigenvalue weighted by Crippen LogP contribution is -2.22. The molecule has 28 heavy (non-hydrogen) atoms. The first kappa shape index (κ1) is 20.8. The minimum Gasteiger partial charge on any atom is -0.301 e. The van der Waals surface area contributed by atoms with E-state index in [2.05, 4.69) is 27.1 Å². The number of H-pyrrole nitrogens is 1. The van der Waals surface area contributed by atoms with Crippen LogP contribution < -0.4 is 5.32 Å². The molecule has 3 rings (SSSR count). The van der Waals surface area contributed by atoms with E-state index < -0.39 is 0 Å². The van der Waals surface area contributed by atoms with Crippen molar-refractivity contribution in [2.24, 2.45) is 0 Å². The van der Waals surface area contributed by atoms with Crippen molar-refractivity contribution in [2.45, 2.75) is 30.5 Å². The first-order chi connectivity index (χ1) is 13.4. The van der Waals surface area contributed by atoms with Gasteiger partial charge in [0.2, 0.25) is 5.91 Å². The molecule has 6 nitrogen and oxygen atoms in total. The SMILES string of the molecule is C=CCn1c(-c2sc(NC(=O)C(C)Sc3ccc(Cl)cc3)nc2C)n[nH]c1=S. The normalized spacial score (nSPS) is 12.0. The third-order valence-electron chi connectivity index (χ3n) is 3.80. The van der Waals surface area contributed by atoms with Crippen LogP contribution in [0.5, 0.6) is 0 Å². The fourth-order valence-electron chi connectivity index (χ4n) is 2.42. The van der Waals surface area contributed by atoms with Crippen molar-refractivity contribution in [1.82, 2.24) is 19.7 Å². The first-order valence-electron chi connectivity index (χ1n) is 8.36. The minimum absolute atomic E-state index is 0.120. The molecule has 0 aliphatic rings. The Labute approximate surface area is 181 Å². The van der Waals surface area contributed by atoms with Crippen LogP contribution in [-0.2, 0) is 11.3 Å². The highest BCUT2D eigenvalue weighted by atomic mass is 35.5. The molecule has 1 atom stereocenters. The predicted octanol–water partition coefficient (Wildman–Crippen LogP) is 5.33. The maximum Gasteiger partial charge on any atom is 0.239 e. The Balaban J connectivity index is 1.74. The maximum absolute atomic E-state index is 12.6. The number of allylic oxidation sites excluding steroid dienone is 1. The van der Waals surface area contributed by atoms with Crippen molar-refractivity contribution in [3.05, 3.63) is 52.4 Å². The van der Waals surface area contributed by atoms with Crippen LogP contribution in [0.15, 0.2) is 41.8 Å². The molecule has 1 amide bonds. The lowest BCUT2D eigenvalue weighted by atomic mass is 10.3.